The minimum atomic E-state index is -0.430. The Labute approximate surface area is 146 Å². The first-order chi connectivity index (χ1) is 12.0. The molecule has 5 nitrogen and oxygen atoms in total. The number of carbonyl (C=O) groups is 2. The maximum Gasteiger partial charge on any atom is 0.229 e. The van der Waals surface area contributed by atoms with E-state index in [9.17, 15) is 14.9 Å². The highest BCUT2D eigenvalue weighted by atomic mass is 16.2. The van der Waals surface area contributed by atoms with Gasteiger partial charge in [-0.2, -0.15) is 5.26 Å². The van der Waals surface area contributed by atoms with Gasteiger partial charge in [-0.25, -0.2) is 0 Å². The monoisotopic (exact) mass is 333 g/mol. The molecule has 1 fully saturated rings. The van der Waals surface area contributed by atoms with E-state index >= 15 is 0 Å². The number of para-hydroxylation sites is 1. The summed E-state index contributed by atoms with van der Waals surface area (Å²) in [5.74, 6) is -0.737. The van der Waals surface area contributed by atoms with Crippen molar-refractivity contribution in [2.24, 2.45) is 5.92 Å². The molecule has 126 valence electrons. The predicted molar refractivity (Wildman–Crippen MR) is 96.2 cm³/mol. The van der Waals surface area contributed by atoms with Gasteiger partial charge in [-0.3, -0.25) is 9.59 Å². The van der Waals surface area contributed by atoms with Gasteiger partial charge in [0.15, 0.2) is 0 Å². The van der Waals surface area contributed by atoms with Crippen LogP contribution in [0.2, 0.25) is 0 Å². The predicted octanol–water partition coefficient (Wildman–Crippen LogP) is 3.17. The second-order valence-electron chi connectivity index (χ2n) is 6.40. The van der Waals surface area contributed by atoms with Gasteiger partial charge in [-0.05, 0) is 49.2 Å². The highest BCUT2D eigenvalue weighted by Crippen LogP contribution is 2.28. The van der Waals surface area contributed by atoms with Gasteiger partial charge in [0.25, 0.3) is 0 Å². The Hall–Kier alpha value is -3.13. The molecule has 0 spiro atoms. The van der Waals surface area contributed by atoms with Crippen molar-refractivity contribution in [2.75, 3.05) is 16.8 Å². The van der Waals surface area contributed by atoms with E-state index in [-0.39, 0.29) is 24.8 Å². The Morgan fingerprint density at radius 1 is 1.20 bits per heavy atom. The molecule has 2 amide bonds. The van der Waals surface area contributed by atoms with E-state index in [1.165, 1.54) is 4.90 Å². The normalized spacial score (nSPS) is 16.6. The van der Waals surface area contributed by atoms with Gasteiger partial charge in [0.05, 0.1) is 17.2 Å². The third-order valence-corrected chi connectivity index (χ3v) is 4.30. The maximum atomic E-state index is 12.6. The van der Waals surface area contributed by atoms with Crippen molar-refractivity contribution in [1.29, 1.82) is 5.26 Å². The van der Waals surface area contributed by atoms with E-state index in [0.717, 1.165) is 16.8 Å². The molecule has 0 saturated carbocycles. The fourth-order valence-corrected chi connectivity index (χ4v) is 3.21. The Morgan fingerprint density at radius 3 is 2.56 bits per heavy atom. The number of aryl methyl sites for hydroxylation is 2. The topological polar surface area (TPSA) is 73.2 Å². The SMILES string of the molecule is Cc1cc(C)cc(NC(=O)C2CC(=O)N(c3ccccc3C#N)C2)c1. The zero-order chi connectivity index (χ0) is 18.0. The lowest BCUT2D eigenvalue weighted by atomic mass is 10.1. The van der Waals surface area contributed by atoms with Crippen molar-refractivity contribution >= 4 is 23.2 Å². The van der Waals surface area contributed by atoms with Gasteiger partial charge < -0.3 is 10.2 Å². The summed E-state index contributed by atoms with van der Waals surface area (Å²) < 4.78 is 0. The minimum absolute atomic E-state index is 0.136. The van der Waals surface area contributed by atoms with Crippen molar-refractivity contribution in [2.45, 2.75) is 20.3 Å². The zero-order valence-corrected chi connectivity index (χ0v) is 14.2. The van der Waals surface area contributed by atoms with Crippen LogP contribution in [0.25, 0.3) is 0 Å². The molecule has 3 rings (SSSR count). The van der Waals surface area contributed by atoms with E-state index in [1.54, 1.807) is 24.3 Å². The number of amides is 2. The highest BCUT2D eigenvalue weighted by molar-refractivity contribution is 6.04. The Morgan fingerprint density at radius 2 is 1.88 bits per heavy atom. The molecule has 0 aliphatic carbocycles. The summed E-state index contributed by atoms with van der Waals surface area (Å²) in [6.07, 6.45) is 0.149. The molecule has 25 heavy (non-hydrogen) atoms. The van der Waals surface area contributed by atoms with E-state index in [4.69, 9.17) is 0 Å². The number of nitrogens with zero attached hydrogens (tertiary/aromatic N) is 2. The largest absolute Gasteiger partial charge is 0.326 e. The fraction of sp³-hybridized carbons (Fsp3) is 0.250. The average Bonchev–Trinajstić information content (AvgIpc) is 2.95. The lowest BCUT2D eigenvalue weighted by molar-refractivity contribution is -0.122. The summed E-state index contributed by atoms with van der Waals surface area (Å²) in [5, 5.41) is 12.1. The molecule has 0 aromatic heterocycles. The lowest BCUT2D eigenvalue weighted by Crippen LogP contribution is -2.28. The summed E-state index contributed by atoms with van der Waals surface area (Å²) in [6, 6.07) is 14.9. The average molecular weight is 333 g/mol. The molecule has 5 heteroatoms. The van der Waals surface area contributed by atoms with E-state index < -0.39 is 5.92 Å². The summed E-state index contributed by atoms with van der Waals surface area (Å²) in [6.45, 7) is 4.23. The van der Waals surface area contributed by atoms with E-state index in [0.29, 0.717) is 11.3 Å². The molecule has 1 atom stereocenters. The van der Waals surface area contributed by atoms with Crippen LogP contribution in [0.5, 0.6) is 0 Å². The lowest BCUT2D eigenvalue weighted by Gasteiger charge is -2.18. The third-order valence-electron chi connectivity index (χ3n) is 4.30. The number of nitrogens with one attached hydrogen (secondary N) is 1. The molecular formula is C20H19N3O2. The number of nitriles is 1. The number of hydrogen-bond donors (Lipinski definition) is 1. The van der Waals surface area contributed by atoms with E-state index in [2.05, 4.69) is 11.4 Å². The van der Waals surface area contributed by atoms with Crippen LogP contribution in [0.1, 0.15) is 23.1 Å². The van der Waals surface area contributed by atoms with Crippen LogP contribution >= 0.6 is 0 Å². The molecule has 1 saturated heterocycles. The maximum absolute atomic E-state index is 12.6. The minimum Gasteiger partial charge on any atom is -0.326 e. The quantitative estimate of drug-likeness (QED) is 0.937. The van der Waals surface area contributed by atoms with Crippen molar-refractivity contribution in [1.82, 2.24) is 0 Å². The number of anilines is 2. The van der Waals surface area contributed by atoms with Gasteiger partial charge in [0.2, 0.25) is 11.8 Å². The van der Waals surface area contributed by atoms with Gasteiger partial charge in [-0.1, -0.05) is 18.2 Å². The van der Waals surface area contributed by atoms with Crippen molar-refractivity contribution in [3.8, 4) is 6.07 Å². The summed E-state index contributed by atoms with van der Waals surface area (Å²) in [4.78, 5) is 26.4. The first-order valence-corrected chi connectivity index (χ1v) is 8.16. The van der Waals surface area contributed by atoms with Gasteiger partial charge in [0, 0.05) is 18.7 Å². The molecular weight excluding hydrogens is 314 g/mol. The van der Waals surface area contributed by atoms with Crippen LogP contribution in [0.4, 0.5) is 11.4 Å². The van der Waals surface area contributed by atoms with Crippen LogP contribution in [0.3, 0.4) is 0 Å². The Bertz CT molecular complexity index is 863. The van der Waals surface area contributed by atoms with Crippen LogP contribution in [-0.2, 0) is 9.59 Å². The molecule has 0 radical (unpaired) electrons. The van der Waals surface area contributed by atoms with Crippen molar-refractivity contribution in [3.05, 3.63) is 59.2 Å². The molecule has 2 aromatic rings. The molecule has 1 aliphatic rings. The molecule has 0 bridgehead atoms. The summed E-state index contributed by atoms with van der Waals surface area (Å²) in [5.41, 5.74) is 3.89. The van der Waals surface area contributed by atoms with Gasteiger partial charge >= 0.3 is 0 Å². The first kappa shape index (κ1) is 16.7. The van der Waals surface area contributed by atoms with Gasteiger partial charge in [0.1, 0.15) is 6.07 Å². The molecule has 2 aromatic carbocycles. The summed E-state index contributed by atoms with van der Waals surface area (Å²) >= 11 is 0. The van der Waals surface area contributed by atoms with Crippen molar-refractivity contribution < 1.29 is 9.59 Å². The molecule has 1 aliphatic heterocycles. The molecule has 1 N–H and O–H groups in total. The van der Waals surface area contributed by atoms with Crippen molar-refractivity contribution in [3.63, 3.8) is 0 Å². The Balaban J connectivity index is 1.76. The second-order valence-corrected chi connectivity index (χ2v) is 6.40. The standard InChI is InChI=1S/C20H19N3O2/c1-13-7-14(2)9-17(8-13)22-20(25)16-10-19(24)23(12-16)18-6-4-3-5-15(18)11-21/h3-9,16H,10,12H2,1-2H3,(H,22,25). The second kappa shape index (κ2) is 6.78. The smallest absolute Gasteiger partial charge is 0.229 e. The number of carbonyl (C=O) groups excluding carboxylic acids is 2. The van der Waals surface area contributed by atoms with E-state index in [1.807, 2.05) is 32.0 Å². The fourth-order valence-electron chi connectivity index (χ4n) is 3.21. The Kier molecular flexibility index (Phi) is 4.53. The zero-order valence-electron chi connectivity index (χ0n) is 14.2. The molecule has 1 heterocycles. The third kappa shape index (κ3) is 3.53. The van der Waals surface area contributed by atoms with Crippen LogP contribution < -0.4 is 10.2 Å². The number of benzene rings is 2. The molecule has 1 unspecified atom stereocenters. The summed E-state index contributed by atoms with van der Waals surface area (Å²) in [7, 11) is 0. The van der Waals surface area contributed by atoms with Crippen LogP contribution in [-0.4, -0.2) is 18.4 Å². The highest BCUT2D eigenvalue weighted by Gasteiger charge is 2.36. The van der Waals surface area contributed by atoms with Crippen LogP contribution in [0.15, 0.2) is 42.5 Å². The number of rotatable bonds is 3. The first-order valence-electron chi connectivity index (χ1n) is 8.16. The van der Waals surface area contributed by atoms with Crippen LogP contribution in [0, 0.1) is 31.1 Å². The van der Waals surface area contributed by atoms with Gasteiger partial charge in [-0.15, -0.1) is 0 Å². The number of hydrogen-bond acceptors (Lipinski definition) is 3.